The van der Waals surface area contributed by atoms with Crippen molar-refractivity contribution in [3.05, 3.63) is 77.9 Å². The van der Waals surface area contributed by atoms with Crippen LogP contribution < -0.4 is 5.32 Å². The first-order valence-electron chi connectivity index (χ1n) is 7.77. The van der Waals surface area contributed by atoms with Crippen LogP contribution in [0.5, 0.6) is 0 Å². The van der Waals surface area contributed by atoms with Crippen LogP contribution in [0.3, 0.4) is 0 Å². The van der Waals surface area contributed by atoms with E-state index in [1.54, 1.807) is 6.92 Å². The summed E-state index contributed by atoms with van der Waals surface area (Å²) in [5.41, 5.74) is 1.39. The molecule has 0 aliphatic heterocycles. The molecule has 7 heteroatoms. The predicted octanol–water partition coefficient (Wildman–Crippen LogP) is 2.26. The van der Waals surface area contributed by atoms with Gasteiger partial charge in [0.15, 0.2) is 5.69 Å². The summed E-state index contributed by atoms with van der Waals surface area (Å²) >= 11 is 0. The Balaban J connectivity index is 1.67. The Labute approximate surface area is 143 Å². The highest BCUT2D eigenvalue weighted by atomic mass is 19.1. The topological polar surface area (TPSA) is 80.0 Å². The van der Waals surface area contributed by atoms with Gasteiger partial charge < -0.3 is 10.4 Å². The van der Waals surface area contributed by atoms with Gasteiger partial charge in [0.1, 0.15) is 5.82 Å². The summed E-state index contributed by atoms with van der Waals surface area (Å²) in [5.74, 6) is -0.832. The van der Waals surface area contributed by atoms with Crippen molar-refractivity contribution >= 4 is 5.91 Å². The molecule has 2 unspecified atom stereocenters. The van der Waals surface area contributed by atoms with Crippen LogP contribution in [0.4, 0.5) is 4.39 Å². The maximum Gasteiger partial charge on any atom is 0.273 e. The number of halogens is 1. The van der Waals surface area contributed by atoms with Crippen molar-refractivity contribution in [2.75, 3.05) is 0 Å². The number of aromatic nitrogens is 3. The largest absolute Gasteiger partial charge is 0.386 e. The Hall–Kier alpha value is -3.06. The zero-order chi connectivity index (χ0) is 17.8. The molecule has 0 spiro atoms. The van der Waals surface area contributed by atoms with E-state index in [1.165, 1.54) is 35.3 Å². The van der Waals surface area contributed by atoms with E-state index in [9.17, 15) is 14.3 Å². The third-order valence-electron chi connectivity index (χ3n) is 3.76. The van der Waals surface area contributed by atoms with E-state index in [4.69, 9.17) is 0 Å². The molecule has 3 aromatic rings. The predicted molar refractivity (Wildman–Crippen MR) is 89.6 cm³/mol. The van der Waals surface area contributed by atoms with Gasteiger partial charge in [0.2, 0.25) is 0 Å². The first kappa shape index (κ1) is 16.8. The van der Waals surface area contributed by atoms with Crippen LogP contribution in [0.25, 0.3) is 5.69 Å². The van der Waals surface area contributed by atoms with Crippen molar-refractivity contribution in [2.24, 2.45) is 0 Å². The van der Waals surface area contributed by atoms with Crippen LogP contribution in [-0.2, 0) is 0 Å². The molecule has 2 atom stereocenters. The molecule has 1 heterocycles. The summed E-state index contributed by atoms with van der Waals surface area (Å²) in [5, 5.41) is 21.2. The maximum atomic E-state index is 13.0. The van der Waals surface area contributed by atoms with Crippen molar-refractivity contribution < 1.29 is 14.3 Å². The van der Waals surface area contributed by atoms with Gasteiger partial charge in [0, 0.05) is 0 Å². The van der Waals surface area contributed by atoms with Gasteiger partial charge in [-0.2, -0.15) is 9.90 Å². The Bertz CT molecular complexity index is 849. The third kappa shape index (κ3) is 3.89. The molecular weight excluding hydrogens is 323 g/mol. The van der Waals surface area contributed by atoms with Crippen molar-refractivity contribution in [2.45, 2.75) is 19.1 Å². The molecule has 0 saturated heterocycles. The smallest absolute Gasteiger partial charge is 0.273 e. The fourth-order valence-corrected chi connectivity index (χ4v) is 2.36. The molecule has 1 aromatic heterocycles. The van der Waals surface area contributed by atoms with E-state index >= 15 is 0 Å². The lowest BCUT2D eigenvalue weighted by Crippen LogP contribution is -2.37. The monoisotopic (exact) mass is 340 g/mol. The average molecular weight is 340 g/mol. The second kappa shape index (κ2) is 7.23. The summed E-state index contributed by atoms with van der Waals surface area (Å²) in [6.07, 6.45) is 0.396. The van der Waals surface area contributed by atoms with Gasteiger partial charge >= 0.3 is 0 Å². The summed E-state index contributed by atoms with van der Waals surface area (Å²) in [4.78, 5) is 13.6. The van der Waals surface area contributed by atoms with Gasteiger partial charge in [-0.1, -0.05) is 30.3 Å². The number of hydrogen-bond acceptors (Lipinski definition) is 4. The molecular formula is C18H17FN4O2. The van der Waals surface area contributed by atoms with Crippen LogP contribution in [-0.4, -0.2) is 32.0 Å². The Morgan fingerprint density at radius 1 is 1.16 bits per heavy atom. The first-order chi connectivity index (χ1) is 12.0. The van der Waals surface area contributed by atoms with Crippen molar-refractivity contribution in [3.63, 3.8) is 0 Å². The van der Waals surface area contributed by atoms with Gasteiger partial charge in [-0.15, -0.1) is 5.10 Å². The molecule has 0 radical (unpaired) electrons. The Morgan fingerprint density at radius 2 is 1.84 bits per heavy atom. The molecule has 0 bridgehead atoms. The zero-order valence-corrected chi connectivity index (χ0v) is 13.5. The normalized spacial score (nSPS) is 13.2. The van der Waals surface area contributed by atoms with Gasteiger partial charge in [0.05, 0.1) is 24.0 Å². The molecule has 6 nitrogen and oxygen atoms in total. The number of carbonyl (C=O) groups is 1. The van der Waals surface area contributed by atoms with Crippen molar-refractivity contribution in [3.8, 4) is 5.69 Å². The van der Waals surface area contributed by atoms with Gasteiger partial charge in [-0.3, -0.25) is 4.79 Å². The fraction of sp³-hybridized carbons (Fsp3) is 0.167. The number of hydrogen-bond donors (Lipinski definition) is 2. The summed E-state index contributed by atoms with van der Waals surface area (Å²) < 4.78 is 13.0. The summed E-state index contributed by atoms with van der Waals surface area (Å²) in [7, 11) is 0. The second-order valence-corrected chi connectivity index (χ2v) is 5.61. The minimum Gasteiger partial charge on any atom is -0.386 e. The number of nitrogens with one attached hydrogen (secondary N) is 1. The minimum atomic E-state index is -0.964. The van der Waals surface area contributed by atoms with Crippen LogP contribution in [0.1, 0.15) is 29.1 Å². The highest BCUT2D eigenvalue weighted by Gasteiger charge is 2.21. The lowest BCUT2D eigenvalue weighted by Gasteiger charge is -2.20. The Kier molecular flexibility index (Phi) is 4.85. The molecule has 25 heavy (non-hydrogen) atoms. The number of nitrogens with zero attached hydrogens (tertiary/aromatic N) is 3. The molecule has 2 N–H and O–H groups in total. The van der Waals surface area contributed by atoms with Crippen molar-refractivity contribution in [1.82, 2.24) is 20.3 Å². The molecule has 0 aliphatic carbocycles. The van der Waals surface area contributed by atoms with E-state index in [1.807, 2.05) is 30.3 Å². The highest BCUT2D eigenvalue weighted by Crippen LogP contribution is 2.17. The molecule has 128 valence electrons. The van der Waals surface area contributed by atoms with Crippen molar-refractivity contribution in [1.29, 1.82) is 0 Å². The SMILES string of the molecule is CC(NC(=O)c1cnn(-c2ccccc2)n1)C(O)c1ccc(F)cc1. The number of amides is 1. The van der Waals surface area contributed by atoms with Crippen LogP contribution in [0, 0.1) is 5.82 Å². The lowest BCUT2D eigenvalue weighted by molar-refractivity contribution is 0.0847. The van der Waals surface area contributed by atoms with Crippen LogP contribution in [0.15, 0.2) is 60.8 Å². The van der Waals surface area contributed by atoms with Gasteiger partial charge in [0.25, 0.3) is 5.91 Å². The lowest BCUT2D eigenvalue weighted by atomic mass is 10.0. The average Bonchev–Trinajstić information content (AvgIpc) is 3.13. The molecule has 0 saturated carbocycles. The molecule has 1 amide bonds. The van der Waals surface area contributed by atoms with E-state index in [-0.39, 0.29) is 11.5 Å². The van der Waals surface area contributed by atoms with Crippen LogP contribution in [0.2, 0.25) is 0 Å². The quantitative estimate of drug-likeness (QED) is 0.747. The number of aliphatic hydroxyl groups excluding tert-OH is 1. The highest BCUT2D eigenvalue weighted by molar-refractivity contribution is 5.92. The van der Waals surface area contributed by atoms with E-state index in [0.717, 1.165) is 5.69 Å². The van der Waals surface area contributed by atoms with E-state index in [0.29, 0.717) is 5.56 Å². The summed E-state index contributed by atoms with van der Waals surface area (Å²) in [6, 6.07) is 14.1. The summed E-state index contributed by atoms with van der Waals surface area (Å²) in [6.45, 7) is 1.66. The zero-order valence-electron chi connectivity index (χ0n) is 13.5. The van der Waals surface area contributed by atoms with Gasteiger partial charge in [-0.05, 0) is 36.8 Å². The minimum absolute atomic E-state index is 0.141. The maximum absolute atomic E-state index is 13.0. The number of carbonyl (C=O) groups excluding carboxylic acids is 1. The molecule has 2 aromatic carbocycles. The molecule has 3 rings (SSSR count). The third-order valence-corrected chi connectivity index (χ3v) is 3.76. The first-order valence-corrected chi connectivity index (χ1v) is 7.77. The standard InChI is InChI=1S/C18H17FN4O2/c1-12(17(24)13-7-9-14(19)10-8-13)21-18(25)16-11-20-23(22-16)15-5-3-2-4-6-15/h2-12,17,24H,1H3,(H,21,25). The van der Waals surface area contributed by atoms with Gasteiger partial charge in [-0.25, -0.2) is 4.39 Å². The fourth-order valence-electron chi connectivity index (χ4n) is 2.36. The number of aliphatic hydroxyl groups is 1. The number of benzene rings is 2. The van der Waals surface area contributed by atoms with E-state index in [2.05, 4.69) is 15.5 Å². The second-order valence-electron chi connectivity index (χ2n) is 5.61. The van der Waals surface area contributed by atoms with E-state index < -0.39 is 18.1 Å². The number of rotatable bonds is 5. The van der Waals surface area contributed by atoms with Crippen LogP contribution >= 0.6 is 0 Å². The Morgan fingerprint density at radius 3 is 2.52 bits per heavy atom. The number of para-hydroxylation sites is 1. The molecule has 0 fully saturated rings. The molecule has 0 aliphatic rings.